The summed E-state index contributed by atoms with van der Waals surface area (Å²) in [5, 5.41) is 5.14. The second kappa shape index (κ2) is 6.85. The van der Waals surface area contributed by atoms with E-state index in [1.165, 1.54) is 60.5 Å². The third-order valence-electron chi connectivity index (χ3n) is 6.72. The quantitative estimate of drug-likeness (QED) is 0.266. The van der Waals surface area contributed by atoms with Crippen LogP contribution in [-0.2, 0) is 0 Å². The molecule has 2 aromatic heterocycles. The second-order valence-corrected chi connectivity index (χ2v) is 8.77. The maximum Gasteiger partial charge on any atom is 0.0541 e. The maximum absolute atomic E-state index is 2.40. The summed E-state index contributed by atoms with van der Waals surface area (Å²) in [7, 11) is 0. The van der Waals surface area contributed by atoms with E-state index in [0.29, 0.717) is 0 Å². The summed E-state index contributed by atoms with van der Waals surface area (Å²) in [6, 6.07) is 41.7. The lowest BCUT2D eigenvalue weighted by Crippen LogP contribution is -1.99. The summed E-state index contributed by atoms with van der Waals surface area (Å²) in [6.45, 7) is 2.19. The Morgan fingerprint density at radius 1 is 0.394 bits per heavy atom. The van der Waals surface area contributed by atoms with Crippen LogP contribution in [0.25, 0.3) is 55.0 Å². The SMILES string of the molecule is Cc1cc(-n2c3ccccc3c3ccccc32)cc(-n2c3ccccc3c3ccccc32)c1. The lowest BCUT2D eigenvalue weighted by atomic mass is 10.1. The topological polar surface area (TPSA) is 9.86 Å². The third kappa shape index (κ3) is 2.61. The first kappa shape index (κ1) is 18.3. The fourth-order valence-corrected chi connectivity index (χ4v) is 5.40. The van der Waals surface area contributed by atoms with E-state index in [0.717, 1.165) is 0 Å². The molecule has 0 aliphatic heterocycles. The van der Waals surface area contributed by atoms with E-state index < -0.39 is 0 Å². The highest BCUT2D eigenvalue weighted by Crippen LogP contribution is 2.35. The largest absolute Gasteiger partial charge is 0.309 e. The zero-order valence-corrected chi connectivity index (χ0v) is 18.4. The standard InChI is InChI=1S/C31H22N2/c1-21-18-22(32-28-14-6-2-10-24(28)25-11-3-7-15-29(25)32)20-23(19-21)33-30-16-8-4-12-26(30)27-13-5-9-17-31(27)33/h2-20H,1H3. The summed E-state index contributed by atoms with van der Waals surface area (Å²) in [5.41, 5.74) is 8.55. The van der Waals surface area contributed by atoms with Gasteiger partial charge < -0.3 is 9.13 Å². The Morgan fingerprint density at radius 3 is 1.03 bits per heavy atom. The minimum Gasteiger partial charge on any atom is -0.309 e. The van der Waals surface area contributed by atoms with Crippen LogP contribution in [-0.4, -0.2) is 9.13 Å². The first-order valence-electron chi connectivity index (χ1n) is 11.4. The number of rotatable bonds is 2. The van der Waals surface area contributed by atoms with Crippen LogP contribution in [0.2, 0.25) is 0 Å². The van der Waals surface area contributed by atoms with Crippen LogP contribution in [0.5, 0.6) is 0 Å². The molecule has 33 heavy (non-hydrogen) atoms. The van der Waals surface area contributed by atoms with Crippen molar-refractivity contribution in [3.05, 3.63) is 121 Å². The Labute approximate surface area is 191 Å². The van der Waals surface area contributed by atoms with E-state index in [1.54, 1.807) is 0 Å². The smallest absolute Gasteiger partial charge is 0.0541 e. The molecule has 0 aliphatic carbocycles. The van der Waals surface area contributed by atoms with E-state index in [-0.39, 0.29) is 0 Å². The molecule has 0 unspecified atom stereocenters. The number of para-hydroxylation sites is 4. The lowest BCUT2D eigenvalue weighted by molar-refractivity contribution is 1.12. The van der Waals surface area contributed by atoms with Gasteiger partial charge in [-0.15, -0.1) is 0 Å². The van der Waals surface area contributed by atoms with Crippen LogP contribution in [0.3, 0.4) is 0 Å². The molecule has 7 rings (SSSR count). The van der Waals surface area contributed by atoms with Gasteiger partial charge >= 0.3 is 0 Å². The molecule has 5 aromatic carbocycles. The molecule has 156 valence electrons. The highest BCUT2D eigenvalue weighted by atomic mass is 15.0. The molecule has 0 radical (unpaired) electrons. The molecule has 0 bridgehead atoms. The van der Waals surface area contributed by atoms with Crippen LogP contribution in [0.1, 0.15) is 5.56 Å². The number of aromatic nitrogens is 2. The molecule has 0 saturated heterocycles. The fourth-order valence-electron chi connectivity index (χ4n) is 5.40. The van der Waals surface area contributed by atoms with Gasteiger partial charge in [-0.1, -0.05) is 72.8 Å². The van der Waals surface area contributed by atoms with Gasteiger partial charge in [0.1, 0.15) is 0 Å². The average molecular weight is 423 g/mol. The zero-order chi connectivity index (χ0) is 21.9. The first-order valence-corrected chi connectivity index (χ1v) is 11.4. The minimum atomic E-state index is 1.18. The van der Waals surface area contributed by atoms with Crippen molar-refractivity contribution < 1.29 is 0 Å². The highest BCUT2D eigenvalue weighted by molar-refractivity contribution is 6.10. The van der Waals surface area contributed by atoms with Crippen molar-refractivity contribution >= 4 is 43.6 Å². The van der Waals surface area contributed by atoms with E-state index in [2.05, 4.69) is 131 Å². The molecule has 0 N–H and O–H groups in total. The summed E-state index contributed by atoms with van der Waals surface area (Å²) < 4.78 is 4.80. The van der Waals surface area contributed by atoms with Crippen molar-refractivity contribution in [3.63, 3.8) is 0 Å². The van der Waals surface area contributed by atoms with Gasteiger partial charge in [-0.25, -0.2) is 0 Å². The molecule has 0 atom stereocenters. The highest BCUT2D eigenvalue weighted by Gasteiger charge is 2.15. The van der Waals surface area contributed by atoms with Gasteiger partial charge in [-0.05, 0) is 55.0 Å². The number of hydrogen-bond acceptors (Lipinski definition) is 0. The minimum absolute atomic E-state index is 1.18. The molecule has 0 saturated carbocycles. The Kier molecular flexibility index (Phi) is 3.80. The number of hydrogen-bond donors (Lipinski definition) is 0. The van der Waals surface area contributed by atoms with Crippen molar-refractivity contribution in [3.8, 4) is 11.4 Å². The van der Waals surface area contributed by atoms with Gasteiger partial charge in [0.05, 0.1) is 22.1 Å². The Hall–Kier alpha value is -4.30. The lowest BCUT2D eigenvalue weighted by Gasteiger charge is -2.14. The number of aryl methyl sites for hydroxylation is 1. The van der Waals surface area contributed by atoms with Gasteiger partial charge in [0.2, 0.25) is 0 Å². The van der Waals surface area contributed by atoms with Crippen molar-refractivity contribution in [2.75, 3.05) is 0 Å². The molecular weight excluding hydrogens is 400 g/mol. The van der Waals surface area contributed by atoms with E-state index >= 15 is 0 Å². The molecule has 0 spiro atoms. The van der Waals surface area contributed by atoms with Gasteiger partial charge in [0, 0.05) is 32.9 Å². The Bertz CT molecular complexity index is 1590. The molecule has 2 heterocycles. The summed E-state index contributed by atoms with van der Waals surface area (Å²) in [4.78, 5) is 0. The van der Waals surface area contributed by atoms with Crippen LogP contribution >= 0.6 is 0 Å². The molecule has 7 aromatic rings. The molecule has 0 fully saturated rings. The van der Waals surface area contributed by atoms with Crippen LogP contribution in [0.4, 0.5) is 0 Å². The van der Waals surface area contributed by atoms with Crippen LogP contribution in [0.15, 0.2) is 115 Å². The van der Waals surface area contributed by atoms with Crippen molar-refractivity contribution in [2.45, 2.75) is 6.92 Å². The maximum atomic E-state index is 2.40. The molecule has 0 amide bonds. The summed E-state index contributed by atoms with van der Waals surface area (Å²) in [5.74, 6) is 0. The Balaban J connectivity index is 1.58. The van der Waals surface area contributed by atoms with E-state index in [9.17, 15) is 0 Å². The van der Waals surface area contributed by atoms with Crippen LogP contribution < -0.4 is 0 Å². The first-order chi connectivity index (χ1) is 16.3. The zero-order valence-electron chi connectivity index (χ0n) is 18.4. The predicted octanol–water partition coefficient (Wildman–Crippen LogP) is 8.19. The number of benzene rings is 5. The van der Waals surface area contributed by atoms with Crippen molar-refractivity contribution in [1.29, 1.82) is 0 Å². The van der Waals surface area contributed by atoms with Crippen LogP contribution in [0, 0.1) is 6.92 Å². The molecule has 2 nitrogen and oxygen atoms in total. The number of nitrogens with zero attached hydrogens (tertiary/aromatic N) is 2. The summed E-state index contributed by atoms with van der Waals surface area (Å²) >= 11 is 0. The van der Waals surface area contributed by atoms with E-state index in [1.807, 2.05) is 0 Å². The average Bonchev–Trinajstić information content (AvgIpc) is 3.37. The predicted molar refractivity (Wildman–Crippen MR) is 140 cm³/mol. The number of fused-ring (bicyclic) bond motifs is 6. The van der Waals surface area contributed by atoms with Crippen molar-refractivity contribution in [1.82, 2.24) is 9.13 Å². The van der Waals surface area contributed by atoms with Gasteiger partial charge in [-0.2, -0.15) is 0 Å². The normalized spacial score (nSPS) is 11.8. The molecular formula is C31H22N2. The fraction of sp³-hybridized carbons (Fsp3) is 0.0323. The second-order valence-electron chi connectivity index (χ2n) is 8.77. The molecule has 2 heteroatoms. The monoisotopic (exact) mass is 422 g/mol. The van der Waals surface area contributed by atoms with Crippen molar-refractivity contribution in [2.24, 2.45) is 0 Å². The molecule has 0 aliphatic rings. The van der Waals surface area contributed by atoms with Gasteiger partial charge in [0.25, 0.3) is 0 Å². The van der Waals surface area contributed by atoms with E-state index in [4.69, 9.17) is 0 Å². The summed E-state index contributed by atoms with van der Waals surface area (Å²) in [6.07, 6.45) is 0. The third-order valence-corrected chi connectivity index (χ3v) is 6.72. The van der Waals surface area contributed by atoms with Gasteiger partial charge in [0.15, 0.2) is 0 Å². The van der Waals surface area contributed by atoms with Gasteiger partial charge in [-0.3, -0.25) is 0 Å². The Morgan fingerprint density at radius 2 is 0.697 bits per heavy atom.